The molecule has 0 N–H and O–H groups in total. The molecule has 0 heterocycles. The van der Waals surface area contributed by atoms with Crippen molar-refractivity contribution in [2.24, 2.45) is 0 Å². The van der Waals surface area contributed by atoms with Crippen LogP contribution >= 0.6 is 26.9 Å². The van der Waals surface area contributed by atoms with Gasteiger partial charge in [-0.1, -0.05) is 0 Å². The van der Waals surface area contributed by atoms with Crippen LogP contribution in [0.1, 0.15) is 0 Å². The fourth-order valence-corrected chi connectivity index (χ4v) is 7.50. The Morgan fingerprint density at radius 1 is 1.38 bits per heavy atom. The topological polar surface area (TPSA) is 9.23 Å². The van der Waals surface area contributed by atoms with Gasteiger partial charge in [0, 0.05) is 0 Å². The monoisotopic (exact) mass is 278 g/mol. The molecule has 0 atom stereocenters. The van der Waals surface area contributed by atoms with E-state index in [1.54, 1.807) is 24.8 Å². The number of rotatable bonds is 3. The van der Waals surface area contributed by atoms with Crippen LogP contribution < -0.4 is 0 Å². The average molecular weight is 279 g/mol. The second-order valence-corrected chi connectivity index (χ2v) is 26.6. The van der Waals surface area contributed by atoms with E-state index in [9.17, 15) is 0 Å². The zero-order valence-electron chi connectivity index (χ0n) is 5.08. The van der Waals surface area contributed by atoms with Crippen molar-refractivity contribution in [3.05, 3.63) is 0 Å². The second-order valence-electron chi connectivity index (χ2n) is 0.995. The molecule has 0 aliphatic carbocycles. The minimum absolute atomic E-state index is 1.71. The quantitative estimate of drug-likeness (QED) is 0.730. The molecular weight excluding hydrogens is 270 g/mol. The SMILES string of the molecule is C[O][Sb](=[S])([S]C)[S]C. The van der Waals surface area contributed by atoms with E-state index in [4.69, 9.17) is 12.2 Å². The van der Waals surface area contributed by atoms with Crippen molar-refractivity contribution in [1.29, 1.82) is 0 Å². The third-order valence-electron chi connectivity index (χ3n) is 0.671. The molecule has 0 rings (SSSR count). The van der Waals surface area contributed by atoms with Crippen LogP contribution in [0.2, 0.25) is 0 Å². The molecule has 50 valence electrons. The van der Waals surface area contributed by atoms with E-state index in [1.165, 1.54) is 0 Å². The Kier molecular flexibility index (Phi) is 5.46. The molecule has 1 nitrogen and oxygen atoms in total. The molecule has 0 amide bonds. The Balaban J connectivity index is 3.79. The van der Waals surface area contributed by atoms with E-state index in [2.05, 4.69) is 0 Å². The zero-order chi connectivity index (χ0) is 6.62. The van der Waals surface area contributed by atoms with Gasteiger partial charge in [-0.15, -0.1) is 0 Å². The fourth-order valence-electron chi connectivity index (χ4n) is 0.224. The normalized spacial score (nSPS) is 11.9. The molecule has 0 aliphatic rings. The van der Waals surface area contributed by atoms with Gasteiger partial charge in [-0.2, -0.15) is 0 Å². The van der Waals surface area contributed by atoms with E-state index in [-0.39, 0.29) is 0 Å². The van der Waals surface area contributed by atoms with E-state index in [1.807, 2.05) is 12.5 Å². The van der Waals surface area contributed by atoms with Crippen LogP contribution in [0.4, 0.5) is 0 Å². The van der Waals surface area contributed by atoms with Crippen LogP contribution in [0.5, 0.6) is 0 Å². The summed E-state index contributed by atoms with van der Waals surface area (Å²) in [5.74, 6) is 0. The van der Waals surface area contributed by atoms with Gasteiger partial charge in [-0.05, 0) is 0 Å². The summed E-state index contributed by atoms with van der Waals surface area (Å²) in [6.07, 6.45) is 4.05. The average Bonchev–Trinajstić information content (AvgIpc) is 1.87. The molecule has 0 aromatic carbocycles. The number of hydrogen-bond donors (Lipinski definition) is 0. The predicted octanol–water partition coefficient (Wildman–Crippen LogP) is 1.99. The third-order valence-corrected chi connectivity index (χ3v) is 25.5. The molecule has 0 unspecified atom stereocenters. The summed E-state index contributed by atoms with van der Waals surface area (Å²) < 4.78 is 5.18. The van der Waals surface area contributed by atoms with Gasteiger partial charge in [0.05, 0.1) is 0 Å². The molecule has 0 fully saturated rings. The van der Waals surface area contributed by atoms with Crippen LogP contribution in [-0.2, 0) is 3.02 Å². The first-order chi connectivity index (χ1) is 3.68. The Bertz CT molecular complexity index is 85.7. The molecule has 0 aromatic heterocycles. The molecule has 0 radical (unpaired) electrons. The first-order valence-corrected chi connectivity index (χ1v) is 15.1. The summed E-state index contributed by atoms with van der Waals surface area (Å²) in [4.78, 5) is 0. The molecule has 8 heavy (non-hydrogen) atoms. The van der Waals surface area contributed by atoms with Crippen molar-refractivity contribution in [2.45, 2.75) is 0 Å². The molecule has 0 aromatic rings. The second kappa shape index (κ2) is 4.50. The van der Waals surface area contributed by atoms with Gasteiger partial charge in [0.2, 0.25) is 0 Å². The Hall–Kier alpha value is 1.70. The van der Waals surface area contributed by atoms with Crippen molar-refractivity contribution in [2.75, 3.05) is 19.6 Å². The first-order valence-electron chi connectivity index (χ1n) is 1.96. The van der Waals surface area contributed by atoms with E-state index in [0.717, 1.165) is 0 Å². The molecule has 0 saturated heterocycles. The van der Waals surface area contributed by atoms with Gasteiger partial charge < -0.3 is 0 Å². The standard InChI is InChI=1S/CH3O.2CH4S.S.Sb/c3*1-2;;/h1H3;2*2H,1H3;;/q-1;;;;+3/p-2. The van der Waals surface area contributed by atoms with Gasteiger partial charge in [0.15, 0.2) is 0 Å². The molecule has 0 aliphatic heterocycles. The van der Waals surface area contributed by atoms with E-state index < -0.39 is 14.5 Å². The van der Waals surface area contributed by atoms with Crippen molar-refractivity contribution >= 4 is 41.3 Å². The third kappa shape index (κ3) is 3.02. The van der Waals surface area contributed by atoms with Crippen LogP contribution in [0, 0.1) is 0 Å². The van der Waals surface area contributed by atoms with Crippen molar-refractivity contribution in [3.8, 4) is 0 Å². The summed E-state index contributed by atoms with van der Waals surface area (Å²) in [6.45, 7) is 0. The fraction of sp³-hybridized carbons (Fsp3) is 1.00. The van der Waals surface area contributed by atoms with E-state index >= 15 is 0 Å². The maximum absolute atomic E-state index is 5.21. The molecule has 5 heteroatoms. The Morgan fingerprint density at radius 3 is 1.75 bits per heavy atom. The zero-order valence-corrected chi connectivity index (χ0v) is 10.1. The molecule has 0 spiro atoms. The summed E-state index contributed by atoms with van der Waals surface area (Å²) in [5.41, 5.74) is 0. The molecular formula is C3H9OS3Sb. The van der Waals surface area contributed by atoms with Gasteiger partial charge >= 0.3 is 64.0 Å². The molecule has 0 bridgehead atoms. The van der Waals surface area contributed by atoms with Gasteiger partial charge in [0.1, 0.15) is 0 Å². The van der Waals surface area contributed by atoms with Crippen LogP contribution in [0.3, 0.4) is 0 Å². The molecule has 0 saturated carbocycles. The Labute approximate surface area is 63.4 Å². The predicted molar refractivity (Wildman–Crippen MR) is 47.4 cm³/mol. The van der Waals surface area contributed by atoms with Crippen molar-refractivity contribution < 1.29 is 3.02 Å². The van der Waals surface area contributed by atoms with E-state index in [0.29, 0.717) is 0 Å². The van der Waals surface area contributed by atoms with Gasteiger partial charge in [-0.25, -0.2) is 0 Å². The van der Waals surface area contributed by atoms with Gasteiger partial charge in [-0.3, -0.25) is 0 Å². The first kappa shape index (κ1) is 9.70. The minimum atomic E-state index is -2.32. The Morgan fingerprint density at radius 2 is 1.75 bits per heavy atom. The van der Waals surface area contributed by atoms with Gasteiger partial charge in [0.25, 0.3) is 0 Å². The summed E-state index contributed by atoms with van der Waals surface area (Å²) in [5, 5.41) is 0. The van der Waals surface area contributed by atoms with Crippen LogP contribution in [-0.4, -0.2) is 34.1 Å². The van der Waals surface area contributed by atoms with Crippen molar-refractivity contribution in [1.82, 2.24) is 0 Å². The summed E-state index contributed by atoms with van der Waals surface area (Å²) in [7, 11) is 10.4. The number of hydrogen-bond acceptors (Lipinski definition) is 4. The van der Waals surface area contributed by atoms with Crippen LogP contribution in [0.15, 0.2) is 0 Å². The maximum atomic E-state index is 5.21. The summed E-state index contributed by atoms with van der Waals surface area (Å²) >= 11 is -2.32. The van der Waals surface area contributed by atoms with Crippen molar-refractivity contribution in [3.63, 3.8) is 0 Å². The van der Waals surface area contributed by atoms with Crippen LogP contribution in [0.25, 0.3) is 0 Å². The summed E-state index contributed by atoms with van der Waals surface area (Å²) in [6, 6.07) is 0.